The largest absolute Gasteiger partial charge is 0.342 e. The normalized spacial score (nSPS) is 10.1. The molecular weight excluding hydrogens is 206 g/mol. The molecule has 0 atom stereocenters. The first-order chi connectivity index (χ1) is 7.13. The fraction of sp³-hybridized carbons (Fsp3) is 0.417. The van der Waals surface area contributed by atoms with E-state index in [9.17, 15) is 4.79 Å². The monoisotopic (exact) mass is 223 g/mol. The van der Waals surface area contributed by atoms with Gasteiger partial charge in [0.1, 0.15) is 0 Å². The maximum atomic E-state index is 11.0. The SMILES string of the molecule is CCSc1ccc(CN(C)C(C)=O)cc1. The molecule has 0 saturated heterocycles. The summed E-state index contributed by atoms with van der Waals surface area (Å²) in [6.07, 6.45) is 0. The molecule has 0 aliphatic rings. The Morgan fingerprint density at radius 2 is 1.93 bits per heavy atom. The Bertz CT molecular complexity index is 321. The highest BCUT2D eigenvalue weighted by Crippen LogP contribution is 2.18. The van der Waals surface area contributed by atoms with Gasteiger partial charge in [-0.2, -0.15) is 0 Å². The van der Waals surface area contributed by atoms with Crippen LogP contribution in [0.3, 0.4) is 0 Å². The molecule has 0 heterocycles. The van der Waals surface area contributed by atoms with E-state index in [-0.39, 0.29) is 5.91 Å². The van der Waals surface area contributed by atoms with Crippen LogP contribution >= 0.6 is 11.8 Å². The van der Waals surface area contributed by atoms with Gasteiger partial charge in [-0.25, -0.2) is 0 Å². The van der Waals surface area contributed by atoms with Crippen LogP contribution < -0.4 is 0 Å². The van der Waals surface area contributed by atoms with E-state index in [1.807, 2.05) is 18.8 Å². The van der Waals surface area contributed by atoms with Crippen LogP contribution in [0.5, 0.6) is 0 Å². The summed E-state index contributed by atoms with van der Waals surface area (Å²) in [5.74, 6) is 1.19. The minimum Gasteiger partial charge on any atom is -0.342 e. The van der Waals surface area contributed by atoms with Crippen LogP contribution in [0.25, 0.3) is 0 Å². The molecule has 1 aromatic carbocycles. The van der Waals surface area contributed by atoms with E-state index >= 15 is 0 Å². The molecule has 2 nitrogen and oxygen atoms in total. The van der Waals surface area contributed by atoms with Gasteiger partial charge in [-0.05, 0) is 23.4 Å². The van der Waals surface area contributed by atoms with E-state index in [2.05, 4.69) is 31.2 Å². The van der Waals surface area contributed by atoms with Crippen LogP contribution in [-0.2, 0) is 11.3 Å². The first-order valence-electron chi connectivity index (χ1n) is 5.07. The second-order valence-corrected chi connectivity index (χ2v) is 4.79. The van der Waals surface area contributed by atoms with Gasteiger partial charge >= 0.3 is 0 Å². The van der Waals surface area contributed by atoms with Gasteiger partial charge in [0.15, 0.2) is 0 Å². The summed E-state index contributed by atoms with van der Waals surface area (Å²) < 4.78 is 0. The average molecular weight is 223 g/mol. The van der Waals surface area contributed by atoms with E-state index in [1.54, 1.807) is 11.8 Å². The Hall–Kier alpha value is -0.960. The van der Waals surface area contributed by atoms with Crippen molar-refractivity contribution in [1.82, 2.24) is 4.90 Å². The third-order valence-electron chi connectivity index (χ3n) is 2.19. The maximum absolute atomic E-state index is 11.0. The summed E-state index contributed by atoms with van der Waals surface area (Å²) in [5, 5.41) is 0. The van der Waals surface area contributed by atoms with E-state index in [4.69, 9.17) is 0 Å². The van der Waals surface area contributed by atoms with E-state index in [0.29, 0.717) is 6.54 Å². The van der Waals surface area contributed by atoms with Gasteiger partial charge in [-0.3, -0.25) is 4.79 Å². The third-order valence-corrected chi connectivity index (χ3v) is 3.09. The van der Waals surface area contributed by atoms with Crippen LogP contribution in [0.2, 0.25) is 0 Å². The fourth-order valence-electron chi connectivity index (χ4n) is 1.24. The minimum atomic E-state index is 0.0991. The highest BCUT2D eigenvalue weighted by Gasteiger charge is 2.02. The highest BCUT2D eigenvalue weighted by atomic mass is 32.2. The molecule has 0 saturated carbocycles. The second-order valence-electron chi connectivity index (χ2n) is 3.45. The first-order valence-corrected chi connectivity index (χ1v) is 6.05. The lowest BCUT2D eigenvalue weighted by atomic mass is 10.2. The van der Waals surface area contributed by atoms with Gasteiger partial charge in [0.05, 0.1) is 0 Å². The maximum Gasteiger partial charge on any atom is 0.219 e. The Morgan fingerprint density at radius 1 is 1.33 bits per heavy atom. The molecular formula is C12H17NOS. The Kier molecular flexibility index (Phi) is 4.69. The molecule has 82 valence electrons. The van der Waals surface area contributed by atoms with Crippen LogP contribution in [0.4, 0.5) is 0 Å². The van der Waals surface area contributed by atoms with Crippen molar-refractivity contribution in [2.45, 2.75) is 25.3 Å². The van der Waals surface area contributed by atoms with Crippen LogP contribution in [0, 0.1) is 0 Å². The molecule has 0 spiro atoms. The fourth-order valence-corrected chi connectivity index (χ4v) is 1.90. The Labute approximate surface area is 95.7 Å². The zero-order chi connectivity index (χ0) is 11.3. The van der Waals surface area contributed by atoms with Crippen LogP contribution in [0.1, 0.15) is 19.4 Å². The minimum absolute atomic E-state index is 0.0991. The van der Waals surface area contributed by atoms with Gasteiger partial charge in [0, 0.05) is 25.4 Å². The number of benzene rings is 1. The molecule has 0 bridgehead atoms. The van der Waals surface area contributed by atoms with Gasteiger partial charge in [0.25, 0.3) is 0 Å². The van der Waals surface area contributed by atoms with Gasteiger partial charge < -0.3 is 4.90 Å². The molecule has 0 N–H and O–H groups in total. The lowest BCUT2D eigenvalue weighted by Gasteiger charge is -2.14. The molecule has 0 unspecified atom stereocenters. The zero-order valence-electron chi connectivity index (χ0n) is 9.49. The van der Waals surface area contributed by atoms with Crippen molar-refractivity contribution < 1.29 is 4.79 Å². The quantitative estimate of drug-likeness (QED) is 0.732. The van der Waals surface area contributed by atoms with Gasteiger partial charge in [0.2, 0.25) is 5.91 Å². The lowest BCUT2D eigenvalue weighted by molar-refractivity contribution is -0.128. The number of hydrogen-bond acceptors (Lipinski definition) is 2. The third kappa shape index (κ3) is 3.96. The number of rotatable bonds is 4. The zero-order valence-corrected chi connectivity index (χ0v) is 10.3. The van der Waals surface area contributed by atoms with Crippen molar-refractivity contribution in [3.05, 3.63) is 29.8 Å². The second kappa shape index (κ2) is 5.81. The topological polar surface area (TPSA) is 20.3 Å². The average Bonchev–Trinajstić information content (AvgIpc) is 2.21. The van der Waals surface area contributed by atoms with E-state index in [1.165, 1.54) is 10.5 Å². The molecule has 3 heteroatoms. The summed E-state index contributed by atoms with van der Waals surface area (Å²) >= 11 is 1.83. The van der Waals surface area contributed by atoms with Crippen LogP contribution in [-0.4, -0.2) is 23.6 Å². The number of amides is 1. The van der Waals surface area contributed by atoms with E-state index in [0.717, 1.165) is 5.75 Å². The molecule has 0 fully saturated rings. The number of carbonyl (C=O) groups is 1. The van der Waals surface area contributed by atoms with Crippen molar-refractivity contribution in [3.8, 4) is 0 Å². The van der Waals surface area contributed by atoms with Crippen molar-refractivity contribution >= 4 is 17.7 Å². The first kappa shape index (κ1) is 12.1. The number of hydrogen-bond donors (Lipinski definition) is 0. The summed E-state index contributed by atoms with van der Waals surface area (Å²) in [6, 6.07) is 8.38. The number of nitrogens with zero attached hydrogens (tertiary/aromatic N) is 1. The van der Waals surface area contributed by atoms with Crippen molar-refractivity contribution in [1.29, 1.82) is 0 Å². The number of carbonyl (C=O) groups excluding carboxylic acids is 1. The summed E-state index contributed by atoms with van der Waals surface area (Å²) in [5.41, 5.74) is 1.17. The summed E-state index contributed by atoms with van der Waals surface area (Å²) in [6.45, 7) is 4.41. The number of thioether (sulfide) groups is 1. The molecule has 0 radical (unpaired) electrons. The predicted molar refractivity (Wildman–Crippen MR) is 65.0 cm³/mol. The molecule has 1 amide bonds. The Balaban J connectivity index is 2.60. The lowest BCUT2D eigenvalue weighted by Crippen LogP contribution is -2.22. The van der Waals surface area contributed by atoms with Crippen molar-refractivity contribution in [3.63, 3.8) is 0 Å². The molecule has 15 heavy (non-hydrogen) atoms. The molecule has 0 aliphatic heterocycles. The Morgan fingerprint density at radius 3 is 2.40 bits per heavy atom. The van der Waals surface area contributed by atoms with Crippen LogP contribution in [0.15, 0.2) is 29.2 Å². The standard InChI is InChI=1S/C12H17NOS/c1-4-15-12-7-5-11(6-8-12)9-13(3)10(2)14/h5-8H,4,9H2,1-3H3. The molecule has 0 aromatic heterocycles. The highest BCUT2D eigenvalue weighted by molar-refractivity contribution is 7.99. The smallest absolute Gasteiger partial charge is 0.219 e. The van der Waals surface area contributed by atoms with Gasteiger partial charge in [-0.15, -0.1) is 11.8 Å². The molecule has 0 aliphatic carbocycles. The van der Waals surface area contributed by atoms with Crippen molar-refractivity contribution in [2.75, 3.05) is 12.8 Å². The summed E-state index contributed by atoms with van der Waals surface area (Å²) in [7, 11) is 1.82. The van der Waals surface area contributed by atoms with Gasteiger partial charge in [-0.1, -0.05) is 19.1 Å². The van der Waals surface area contributed by atoms with Crippen molar-refractivity contribution in [2.24, 2.45) is 0 Å². The molecule has 1 aromatic rings. The summed E-state index contributed by atoms with van der Waals surface area (Å²) in [4.78, 5) is 14.0. The molecule has 1 rings (SSSR count). The predicted octanol–water partition coefficient (Wildman–Crippen LogP) is 2.78. The van der Waals surface area contributed by atoms with E-state index < -0.39 is 0 Å².